The van der Waals surface area contributed by atoms with Gasteiger partial charge in [0, 0.05) is 0 Å². The van der Waals surface area contributed by atoms with Gasteiger partial charge in [0.1, 0.15) is 11.8 Å². The van der Waals surface area contributed by atoms with E-state index < -0.39 is 5.97 Å². The molecule has 0 rings (SSSR count). The molecule has 0 spiro atoms. The molecule has 0 atom stereocenters. The summed E-state index contributed by atoms with van der Waals surface area (Å²) in [5, 5.41) is 16.7. The van der Waals surface area contributed by atoms with Gasteiger partial charge in [0.25, 0.3) is 0 Å². The topological polar surface area (TPSA) is 70.3 Å². The third-order valence-corrected chi connectivity index (χ3v) is 1.04. The van der Waals surface area contributed by atoms with E-state index in [4.69, 9.17) is 15.1 Å². The summed E-state index contributed by atoms with van der Waals surface area (Å²) in [6.07, 6.45) is 0. The lowest BCUT2D eigenvalue weighted by Gasteiger charge is -2.01. The van der Waals surface area contributed by atoms with Crippen molar-refractivity contribution in [3.05, 3.63) is 11.3 Å². The molecule has 0 fully saturated rings. The molecule has 0 aromatic heterocycles. The number of allylic oxidation sites excluding steroid dienone is 1. The van der Waals surface area contributed by atoms with Crippen LogP contribution in [0.2, 0.25) is 0 Å². The average Bonchev–Trinajstić information content (AvgIpc) is 1.88. The zero-order valence-electron chi connectivity index (χ0n) is 6.42. The van der Waals surface area contributed by atoms with E-state index in [1.807, 2.05) is 0 Å². The normalized spacial score (nSPS) is 11.4. The van der Waals surface area contributed by atoms with Crippen LogP contribution >= 0.6 is 0 Å². The molecular weight excluding hydrogens is 146 g/mol. The molecule has 0 aromatic carbocycles. The number of aliphatic carboxylic acids is 1. The largest absolute Gasteiger partial charge is 0.497 e. The molecule has 0 unspecified atom stereocenters. The Morgan fingerprint density at radius 1 is 1.73 bits per heavy atom. The van der Waals surface area contributed by atoms with Crippen molar-refractivity contribution in [1.29, 1.82) is 5.26 Å². The highest BCUT2D eigenvalue weighted by molar-refractivity contribution is 5.91. The monoisotopic (exact) mass is 155 g/mol. The van der Waals surface area contributed by atoms with Gasteiger partial charge in [-0.05, 0) is 13.8 Å². The summed E-state index contributed by atoms with van der Waals surface area (Å²) >= 11 is 0. The predicted octanol–water partition coefficient (Wildman–Crippen LogP) is 0.905. The molecule has 60 valence electrons. The van der Waals surface area contributed by atoms with E-state index in [1.54, 1.807) is 13.0 Å². The Bertz CT molecular complexity index is 224. The van der Waals surface area contributed by atoms with Crippen LogP contribution in [0.15, 0.2) is 11.3 Å². The van der Waals surface area contributed by atoms with Crippen LogP contribution < -0.4 is 0 Å². The summed E-state index contributed by atoms with van der Waals surface area (Å²) in [5.74, 6) is -1.10. The highest BCUT2D eigenvalue weighted by Crippen LogP contribution is 2.04. The summed E-state index contributed by atoms with van der Waals surface area (Å²) in [6.45, 7) is 3.54. The van der Waals surface area contributed by atoms with Gasteiger partial charge in [-0.3, -0.25) is 0 Å². The van der Waals surface area contributed by atoms with Crippen LogP contribution in [0.1, 0.15) is 13.8 Å². The first kappa shape index (κ1) is 9.50. The molecule has 0 aliphatic heterocycles. The Morgan fingerprint density at radius 3 is 2.55 bits per heavy atom. The molecule has 0 radical (unpaired) electrons. The van der Waals surface area contributed by atoms with Crippen molar-refractivity contribution >= 4 is 5.97 Å². The number of carbonyl (C=O) groups is 1. The molecule has 0 amide bonds. The minimum atomic E-state index is -1.25. The number of nitrogens with zero attached hydrogens (tertiary/aromatic N) is 1. The van der Waals surface area contributed by atoms with Gasteiger partial charge >= 0.3 is 5.97 Å². The van der Waals surface area contributed by atoms with E-state index in [-0.39, 0.29) is 11.3 Å². The third-order valence-electron chi connectivity index (χ3n) is 1.04. The molecule has 0 aliphatic rings. The number of carboxylic acids is 1. The van der Waals surface area contributed by atoms with Crippen molar-refractivity contribution in [2.75, 3.05) is 6.61 Å². The number of nitriles is 1. The molecule has 0 saturated carbocycles. The second-order valence-electron chi connectivity index (χ2n) is 1.78. The van der Waals surface area contributed by atoms with Crippen molar-refractivity contribution < 1.29 is 14.6 Å². The number of rotatable bonds is 3. The van der Waals surface area contributed by atoms with Gasteiger partial charge in [0.15, 0.2) is 5.57 Å². The maximum atomic E-state index is 10.3. The lowest BCUT2D eigenvalue weighted by molar-refractivity contribution is -0.132. The second kappa shape index (κ2) is 4.34. The van der Waals surface area contributed by atoms with Gasteiger partial charge in [0.2, 0.25) is 0 Å². The molecule has 0 saturated heterocycles. The standard InChI is InChI=1S/C7H9NO3/c1-3-11-5(2)6(4-8)7(9)10/h3H2,1-2H3,(H,9,10). The first-order valence-corrected chi connectivity index (χ1v) is 3.10. The summed E-state index contributed by atoms with van der Waals surface area (Å²) in [4.78, 5) is 10.3. The zero-order valence-corrected chi connectivity index (χ0v) is 6.42. The van der Waals surface area contributed by atoms with Crippen LogP contribution in [-0.4, -0.2) is 17.7 Å². The molecule has 1 N–H and O–H groups in total. The molecule has 4 nitrogen and oxygen atoms in total. The van der Waals surface area contributed by atoms with E-state index in [2.05, 4.69) is 0 Å². The molecule has 0 aromatic rings. The minimum absolute atomic E-state index is 0.155. The van der Waals surface area contributed by atoms with E-state index in [0.717, 1.165) is 0 Å². The van der Waals surface area contributed by atoms with Gasteiger partial charge < -0.3 is 9.84 Å². The van der Waals surface area contributed by atoms with Gasteiger partial charge in [0.05, 0.1) is 6.61 Å². The van der Waals surface area contributed by atoms with Crippen molar-refractivity contribution in [2.24, 2.45) is 0 Å². The van der Waals surface area contributed by atoms with Gasteiger partial charge in [-0.25, -0.2) is 4.79 Å². The first-order valence-electron chi connectivity index (χ1n) is 3.10. The third kappa shape index (κ3) is 2.72. The highest BCUT2D eigenvalue weighted by Gasteiger charge is 2.10. The molecule has 0 heterocycles. The first-order chi connectivity index (χ1) is 5.13. The summed E-state index contributed by atoms with van der Waals surface area (Å²) in [6, 6.07) is 1.54. The zero-order chi connectivity index (χ0) is 8.85. The highest BCUT2D eigenvalue weighted by atomic mass is 16.5. The number of hydrogen-bond acceptors (Lipinski definition) is 3. The van der Waals surface area contributed by atoms with Gasteiger partial charge in [-0.15, -0.1) is 0 Å². The summed E-state index contributed by atoms with van der Waals surface area (Å²) < 4.78 is 4.83. The Balaban J connectivity index is 4.58. The number of hydrogen-bond donors (Lipinski definition) is 1. The minimum Gasteiger partial charge on any atom is -0.497 e. The Hall–Kier alpha value is -1.50. The van der Waals surface area contributed by atoms with Crippen LogP contribution in [0.3, 0.4) is 0 Å². The molecule has 4 heteroatoms. The van der Waals surface area contributed by atoms with Crippen molar-refractivity contribution in [3.8, 4) is 6.07 Å². The SMILES string of the molecule is CCOC(C)=C(C#N)C(=O)O. The van der Waals surface area contributed by atoms with Crippen LogP contribution in [0, 0.1) is 11.3 Å². The van der Waals surface area contributed by atoms with Crippen molar-refractivity contribution in [1.82, 2.24) is 0 Å². The lowest BCUT2D eigenvalue weighted by atomic mass is 10.2. The predicted molar refractivity (Wildman–Crippen MR) is 37.6 cm³/mol. The molecular formula is C7H9NO3. The fraction of sp³-hybridized carbons (Fsp3) is 0.429. The van der Waals surface area contributed by atoms with Gasteiger partial charge in [-0.1, -0.05) is 0 Å². The fourth-order valence-electron chi connectivity index (χ4n) is 0.566. The lowest BCUT2D eigenvalue weighted by Crippen LogP contribution is -2.03. The van der Waals surface area contributed by atoms with Crippen LogP contribution in [0.5, 0.6) is 0 Å². The second-order valence-corrected chi connectivity index (χ2v) is 1.78. The quantitative estimate of drug-likeness (QED) is 0.373. The number of ether oxygens (including phenoxy) is 1. The maximum absolute atomic E-state index is 10.3. The van der Waals surface area contributed by atoms with Gasteiger partial charge in [-0.2, -0.15) is 5.26 Å². The van der Waals surface area contributed by atoms with E-state index in [1.165, 1.54) is 6.92 Å². The van der Waals surface area contributed by atoms with Crippen LogP contribution in [0.25, 0.3) is 0 Å². The molecule has 0 bridgehead atoms. The molecule has 0 aliphatic carbocycles. The summed E-state index contributed by atoms with van der Waals surface area (Å²) in [7, 11) is 0. The smallest absolute Gasteiger partial charge is 0.349 e. The Morgan fingerprint density at radius 2 is 2.27 bits per heavy atom. The molecule has 11 heavy (non-hydrogen) atoms. The maximum Gasteiger partial charge on any atom is 0.349 e. The van der Waals surface area contributed by atoms with Crippen molar-refractivity contribution in [2.45, 2.75) is 13.8 Å². The summed E-state index contributed by atoms with van der Waals surface area (Å²) in [5.41, 5.74) is -0.341. The van der Waals surface area contributed by atoms with E-state index in [0.29, 0.717) is 6.61 Å². The number of carboxylic acid groups (broad SMARTS) is 1. The van der Waals surface area contributed by atoms with Crippen LogP contribution in [0.4, 0.5) is 0 Å². The Kier molecular flexibility index (Phi) is 3.75. The van der Waals surface area contributed by atoms with Crippen LogP contribution in [-0.2, 0) is 9.53 Å². The average molecular weight is 155 g/mol. The Labute approximate surface area is 64.7 Å². The van der Waals surface area contributed by atoms with Crippen molar-refractivity contribution in [3.63, 3.8) is 0 Å². The fourth-order valence-corrected chi connectivity index (χ4v) is 0.566. The van der Waals surface area contributed by atoms with E-state index in [9.17, 15) is 4.79 Å². The van der Waals surface area contributed by atoms with E-state index >= 15 is 0 Å².